The lowest BCUT2D eigenvalue weighted by Gasteiger charge is -2.09. The van der Waals surface area contributed by atoms with E-state index in [-0.39, 0.29) is 5.91 Å². The predicted molar refractivity (Wildman–Crippen MR) is 104 cm³/mol. The first kappa shape index (κ1) is 18.3. The van der Waals surface area contributed by atoms with Crippen LogP contribution in [0.15, 0.2) is 54.7 Å². The molecule has 0 saturated carbocycles. The Balaban J connectivity index is 1.68. The van der Waals surface area contributed by atoms with E-state index in [4.69, 9.17) is 4.74 Å². The van der Waals surface area contributed by atoms with Crippen LogP contribution in [0.3, 0.4) is 0 Å². The van der Waals surface area contributed by atoms with E-state index in [1.807, 2.05) is 44.2 Å². The maximum Gasteiger partial charge on any atom is 0.274 e. The molecule has 0 aliphatic carbocycles. The average molecular weight is 363 g/mol. The van der Waals surface area contributed by atoms with Crippen molar-refractivity contribution in [1.82, 2.24) is 15.0 Å². The van der Waals surface area contributed by atoms with Crippen LogP contribution in [0, 0.1) is 6.92 Å². The lowest BCUT2D eigenvalue weighted by Crippen LogP contribution is -2.16. The van der Waals surface area contributed by atoms with E-state index in [2.05, 4.69) is 25.6 Å². The summed E-state index contributed by atoms with van der Waals surface area (Å²) >= 11 is 0. The molecule has 7 heteroatoms. The SMILES string of the molecule is CCOc1ccc(NC(=O)c2cc(C)nc(NCc3ccccn3)n2)cc1. The first-order valence-corrected chi connectivity index (χ1v) is 8.67. The topological polar surface area (TPSA) is 89.0 Å². The smallest absolute Gasteiger partial charge is 0.274 e. The molecule has 3 aromatic rings. The van der Waals surface area contributed by atoms with Gasteiger partial charge in [-0.1, -0.05) is 6.07 Å². The minimum absolute atomic E-state index is 0.292. The zero-order valence-corrected chi connectivity index (χ0v) is 15.3. The van der Waals surface area contributed by atoms with Crippen molar-refractivity contribution >= 4 is 17.5 Å². The van der Waals surface area contributed by atoms with Gasteiger partial charge in [0.2, 0.25) is 5.95 Å². The van der Waals surface area contributed by atoms with Crippen molar-refractivity contribution in [2.24, 2.45) is 0 Å². The van der Waals surface area contributed by atoms with Gasteiger partial charge in [0, 0.05) is 17.6 Å². The number of rotatable bonds is 7. The average Bonchev–Trinajstić information content (AvgIpc) is 2.68. The van der Waals surface area contributed by atoms with Gasteiger partial charge in [-0.05, 0) is 56.3 Å². The Labute approximate surface area is 157 Å². The summed E-state index contributed by atoms with van der Waals surface area (Å²) < 4.78 is 5.40. The number of carbonyl (C=O) groups excluding carboxylic acids is 1. The summed E-state index contributed by atoms with van der Waals surface area (Å²) in [6.07, 6.45) is 1.73. The van der Waals surface area contributed by atoms with E-state index in [9.17, 15) is 4.79 Å². The van der Waals surface area contributed by atoms with Crippen LogP contribution in [-0.2, 0) is 6.54 Å². The standard InChI is InChI=1S/C20H21N5O2/c1-3-27-17-9-7-15(8-10-17)24-19(26)18-12-14(2)23-20(25-18)22-13-16-6-4-5-11-21-16/h4-12H,3,13H2,1-2H3,(H,24,26)(H,22,23,25). The molecule has 1 aromatic carbocycles. The molecule has 0 spiro atoms. The van der Waals surface area contributed by atoms with Gasteiger partial charge in [0.1, 0.15) is 11.4 Å². The number of nitrogens with one attached hydrogen (secondary N) is 2. The summed E-state index contributed by atoms with van der Waals surface area (Å²) in [5.41, 5.74) is 2.52. The van der Waals surface area contributed by atoms with E-state index < -0.39 is 0 Å². The highest BCUT2D eigenvalue weighted by Gasteiger charge is 2.11. The van der Waals surface area contributed by atoms with Gasteiger partial charge in [0.05, 0.1) is 18.8 Å². The third kappa shape index (κ3) is 5.24. The lowest BCUT2D eigenvalue weighted by molar-refractivity contribution is 0.102. The molecule has 0 bridgehead atoms. The third-order valence-electron chi connectivity index (χ3n) is 3.66. The van der Waals surface area contributed by atoms with Crippen LogP contribution < -0.4 is 15.4 Å². The van der Waals surface area contributed by atoms with Crippen molar-refractivity contribution in [2.75, 3.05) is 17.2 Å². The predicted octanol–water partition coefficient (Wildman–Crippen LogP) is 3.44. The first-order chi connectivity index (χ1) is 13.1. The van der Waals surface area contributed by atoms with Crippen molar-refractivity contribution < 1.29 is 9.53 Å². The zero-order valence-electron chi connectivity index (χ0n) is 15.3. The molecule has 0 aliphatic rings. The second-order valence-corrected chi connectivity index (χ2v) is 5.80. The molecule has 0 radical (unpaired) electrons. The number of pyridine rings is 1. The Morgan fingerprint density at radius 3 is 2.63 bits per heavy atom. The highest BCUT2D eigenvalue weighted by Crippen LogP contribution is 2.16. The van der Waals surface area contributed by atoms with Gasteiger partial charge in [0.15, 0.2) is 0 Å². The lowest BCUT2D eigenvalue weighted by atomic mass is 10.2. The van der Waals surface area contributed by atoms with Crippen molar-refractivity contribution in [3.05, 3.63) is 71.8 Å². The summed E-state index contributed by atoms with van der Waals surface area (Å²) in [5, 5.41) is 5.93. The monoisotopic (exact) mass is 363 g/mol. The number of nitrogens with zero attached hydrogens (tertiary/aromatic N) is 3. The van der Waals surface area contributed by atoms with E-state index in [0.29, 0.717) is 36.2 Å². The van der Waals surface area contributed by atoms with Crippen LogP contribution in [-0.4, -0.2) is 27.5 Å². The molecule has 0 atom stereocenters. The maximum atomic E-state index is 12.5. The summed E-state index contributed by atoms with van der Waals surface area (Å²) in [6.45, 7) is 4.82. The van der Waals surface area contributed by atoms with Crippen LogP contribution >= 0.6 is 0 Å². The number of hydrogen-bond donors (Lipinski definition) is 2. The van der Waals surface area contributed by atoms with E-state index >= 15 is 0 Å². The molecule has 2 N–H and O–H groups in total. The number of benzene rings is 1. The van der Waals surface area contributed by atoms with Gasteiger partial charge in [-0.25, -0.2) is 9.97 Å². The second kappa shape index (κ2) is 8.75. The Morgan fingerprint density at radius 2 is 1.93 bits per heavy atom. The fourth-order valence-corrected chi connectivity index (χ4v) is 2.43. The van der Waals surface area contributed by atoms with Crippen molar-refractivity contribution in [3.63, 3.8) is 0 Å². The number of aromatic nitrogens is 3. The molecule has 0 aliphatic heterocycles. The molecule has 7 nitrogen and oxygen atoms in total. The van der Waals surface area contributed by atoms with Gasteiger partial charge < -0.3 is 15.4 Å². The molecule has 0 fully saturated rings. The summed E-state index contributed by atoms with van der Waals surface area (Å²) in [7, 11) is 0. The van der Waals surface area contributed by atoms with Gasteiger partial charge in [-0.3, -0.25) is 9.78 Å². The van der Waals surface area contributed by atoms with Crippen LogP contribution in [0.2, 0.25) is 0 Å². The summed E-state index contributed by atoms with van der Waals surface area (Å²) in [5.74, 6) is 0.845. The molecular formula is C20H21N5O2. The number of amides is 1. The fraction of sp³-hybridized carbons (Fsp3) is 0.200. The molecular weight excluding hydrogens is 342 g/mol. The highest BCUT2D eigenvalue weighted by molar-refractivity contribution is 6.03. The number of hydrogen-bond acceptors (Lipinski definition) is 6. The van der Waals surface area contributed by atoms with Crippen molar-refractivity contribution in [1.29, 1.82) is 0 Å². The quantitative estimate of drug-likeness (QED) is 0.668. The Hall–Kier alpha value is -3.48. The van der Waals surface area contributed by atoms with Crippen molar-refractivity contribution in [2.45, 2.75) is 20.4 Å². The first-order valence-electron chi connectivity index (χ1n) is 8.67. The van der Waals surface area contributed by atoms with Crippen LogP contribution in [0.4, 0.5) is 11.6 Å². The number of carbonyl (C=O) groups is 1. The van der Waals surface area contributed by atoms with E-state index in [0.717, 1.165) is 11.4 Å². The Kier molecular flexibility index (Phi) is 5.94. The normalized spacial score (nSPS) is 10.3. The Morgan fingerprint density at radius 1 is 1.11 bits per heavy atom. The van der Waals surface area contributed by atoms with Crippen LogP contribution in [0.1, 0.15) is 28.8 Å². The van der Waals surface area contributed by atoms with Crippen LogP contribution in [0.5, 0.6) is 5.75 Å². The summed E-state index contributed by atoms with van der Waals surface area (Å²) in [6, 6.07) is 14.5. The second-order valence-electron chi connectivity index (χ2n) is 5.80. The van der Waals surface area contributed by atoms with Gasteiger partial charge in [-0.15, -0.1) is 0 Å². The zero-order chi connectivity index (χ0) is 19.1. The number of anilines is 2. The number of aryl methyl sites for hydroxylation is 1. The van der Waals surface area contributed by atoms with Gasteiger partial charge >= 0.3 is 0 Å². The minimum Gasteiger partial charge on any atom is -0.494 e. The Bertz CT molecular complexity index is 898. The minimum atomic E-state index is -0.300. The fourth-order valence-electron chi connectivity index (χ4n) is 2.43. The molecule has 138 valence electrons. The molecule has 0 saturated heterocycles. The summed E-state index contributed by atoms with van der Waals surface area (Å²) in [4.78, 5) is 25.4. The van der Waals surface area contributed by atoms with E-state index in [1.54, 1.807) is 24.4 Å². The molecule has 0 unspecified atom stereocenters. The highest BCUT2D eigenvalue weighted by atomic mass is 16.5. The third-order valence-corrected chi connectivity index (χ3v) is 3.66. The largest absolute Gasteiger partial charge is 0.494 e. The van der Waals surface area contributed by atoms with E-state index in [1.165, 1.54) is 0 Å². The van der Waals surface area contributed by atoms with Crippen molar-refractivity contribution in [3.8, 4) is 5.75 Å². The molecule has 2 aromatic heterocycles. The number of ether oxygens (including phenoxy) is 1. The molecule has 3 rings (SSSR count). The maximum absolute atomic E-state index is 12.5. The molecule has 27 heavy (non-hydrogen) atoms. The molecule has 1 amide bonds. The van der Waals surface area contributed by atoms with Gasteiger partial charge in [-0.2, -0.15) is 0 Å². The van der Waals surface area contributed by atoms with Crippen LogP contribution in [0.25, 0.3) is 0 Å². The van der Waals surface area contributed by atoms with Gasteiger partial charge in [0.25, 0.3) is 5.91 Å². The molecule has 2 heterocycles.